The molecule has 0 bridgehead atoms. The molecule has 0 spiro atoms. The van der Waals surface area contributed by atoms with E-state index < -0.39 is 23.7 Å². The minimum Gasteiger partial charge on any atom is -0.466 e. The molecule has 2 aromatic rings. The number of fused-ring (bicyclic) bond motifs is 1. The summed E-state index contributed by atoms with van der Waals surface area (Å²) >= 11 is 6.91. The zero-order chi connectivity index (χ0) is 23.7. The number of rotatable bonds is 5. The fraction of sp³-hybridized carbons (Fsp3) is 0.381. The highest BCUT2D eigenvalue weighted by Gasteiger charge is 2.64. The minimum absolute atomic E-state index is 0.0291. The Hall–Kier alpha value is -2.77. The summed E-state index contributed by atoms with van der Waals surface area (Å²) in [5.74, 6) is -2.71. The van der Waals surface area contributed by atoms with E-state index in [4.69, 9.17) is 11.6 Å². The molecule has 1 aromatic carbocycles. The Bertz CT molecular complexity index is 1100. The lowest BCUT2D eigenvalue weighted by molar-refractivity contribution is -0.203. The van der Waals surface area contributed by atoms with Crippen molar-refractivity contribution < 1.29 is 27.5 Å². The van der Waals surface area contributed by atoms with Crippen molar-refractivity contribution in [3.8, 4) is 6.07 Å². The van der Waals surface area contributed by atoms with Crippen LogP contribution in [0.5, 0.6) is 0 Å². The molecule has 1 heterocycles. The first-order chi connectivity index (χ1) is 15.0. The summed E-state index contributed by atoms with van der Waals surface area (Å²) in [6.45, 7) is 2.01. The first kappa shape index (κ1) is 23.9. The van der Waals surface area contributed by atoms with Gasteiger partial charge in [-0.3, -0.25) is 4.79 Å². The van der Waals surface area contributed by atoms with Crippen LogP contribution < -0.4 is 10.6 Å². The molecule has 32 heavy (non-hydrogen) atoms. The number of nitrogens with zero attached hydrogens (tertiary/aromatic N) is 1. The average molecular weight is 486 g/mol. The van der Waals surface area contributed by atoms with Gasteiger partial charge in [-0.1, -0.05) is 30.7 Å². The maximum Gasteiger partial charge on any atom is 0.441 e. The summed E-state index contributed by atoms with van der Waals surface area (Å²) < 4.78 is 47.5. The Kier molecular flexibility index (Phi) is 6.72. The molecule has 3 rings (SSSR count). The first-order valence-electron chi connectivity index (χ1n) is 9.59. The molecule has 1 aromatic heterocycles. The van der Waals surface area contributed by atoms with Gasteiger partial charge >= 0.3 is 17.8 Å². The number of hydrogen-bond acceptors (Lipinski definition) is 6. The van der Waals surface area contributed by atoms with E-state index in [-0.39, 0.29) is 21.2 Å². The van der Waals surface area contributed by atoms with Crippen LogP contribution >= 0.6 is 22.9 Å². The number of anilines is 1. The Labute approximate surface area is 191 Å². The highest BCUT2D eigenvalue weighted by molar-refractivity contribution is 7.16. The summed E-state index contributed by atoms with van der Waals surface area (Å²) in [6, 6.07) is 7.42. The summed E-state index contributed by atoms with van der Waals surface area (Å²) in [6.07, 6.45) is -3.37. The van der Waals surface area contributed by atoms with Gasteiger partial charge < -0.3 is 15.4 Å². The van der Waals surface area contributed by atoms with Gasteiger partial charge in [-0.05, 0) is 42.9 Å². The van der Waals surface area contributed by atoms with E-state index in [2.05, 4.69) is 10.1 Å². The third kappa shape index (κ3) is 4.27. The Morgan fingerprint density at radius 2 is 2.00 bits per heavy atom. The van der Waals surface area contributed by atoms with Crippen molar-refractivity contribution in [1.82, 2.24) is 5.32 Å². The van der Waals surface area contributed by atoms with E-state index in [0.717, 1.165) is 29.7 Å². The quantitative estimate of drug-likeness (QED) is 0.474. The first-order valence-corrected chi connectivity index (χ1v) is 10.8. The summed E-state index contributed by atoms with van der Waals surface area (Å²) in [5, 5.41) is 13.2. The predicted octanol–water partition coefficient (Wildman–Crippen LogP) is 4.67. The molecule has 0 fully saturated rings. The number of carbonyl (C=O) groups is 2. The Balaban J connectivity index is 2.10. The molecule has 170 valence electrons. The van der Waals surface area contributed by atoms with Crippen LogP contribution in [0.4, 0.5) is 18.2 Å². The van der Waals surface area contributed by atoms with Crippen LogP contribution in [0, 0.1) is 17.2 Å². The largest absolute Gasteiger partial charge is 0.466 e. The molecule has 6 nitrogen and oxygen atoms in total. The number of hydrogen-bond donors (Lipinski definition) is 2. The van der Waals surface area contributed by atoms with Crippen LogP contribution in [-0.2, 0) is 22.4 Å². The molecule has 0 saturated carbocycles. The second-order valence-electron chi connectivity index (χ2n) is 7.47. The third-order valence-corrected chi connectivity index (χ3v) is 6.76. The van der Waals surface area contributed by atoms with Gasteiger partial charge in [0.05, 0.1) is 23.3 Å². The number of methoxy groups -OCH3 is 1. The Morgan fingerprint density at radius 1 is 1.31 bits per heavy atom. The van der Waals surface area contributed by atoms with E-state index >= 15 is 0 Å². The molecule has 2 unspecified atom stereocenters. The van der Waals surface area contributed by atoms with Gasteiger partial charge in [-0.2, -0.15) is 18.4 Å². The van der Waals surface area contributed by atoms with Crippen molar-refractivity contribution in [1.29, 1.82) is 5.26 Å². The lowest BCUT2D eigenvalue weighted by atomic mass is 9.88. The van der Waals surface area contributed by atoms with E-state index in [1.165, 1.54) is 24.3 Å². The van der Waals surface area contributed by atoms with Gasteiger partial charge in [0.2, 0.25) is 0 Å². The number of nitriles is 1. The van der Waals surface area contributed by atoms with Crippen LogP contribution in [0.25, 0.3) is 0 Å². The van der Waals surface area contributed by atoms with E-state index in [1.54, 1.807) is 5.32 Å². The fourth-order valence-corrected chi connectivity index (χ4v) is 5.19. The van der Waals surface area contributed by atoms with Crippen LogP contribution in [0.2, 0.25) is 5.02 Å². The summed E-state index contributed by atoms with van der Waals surface area (Å²) in [7, 11) is 0.776. The topological polar surface area (TPSA) is 91.2 Å². The standard InChI is InChI=1S/C21H19ClF3N3O3S/c1-11-7-8-12-14(10-26)18(32-16(12)9-11)28-20(19(30)31-2,21(23,24)25)27-17(29)13-5-3-4-6-15(13)22/h3-6,11,28H,7-9H2,1-2H3,(H,27,29). The number of alkyl halides is 3. The number of ether oxygens (including phenoxy) is 1. The number of benzene rings is 1. The lowest BCUT2D eigenvalue weighted by Crippen LogP contribution is -2.69. The van der Waals surface area contributed by atoms with Crippen molar-refractivity contribution >= 4 is 39.8 Å². The molecular weight excluding hydrogens is 467 g/mol. The number of thiophene rings is 1. The zero-order valence-electron chi connectivity index (χ0n) is 17.1. The van der Waals surface area contributed by atoms with Gasteiger partial charge in [-0.25, -0.2) is 4.79 Å². The fourth-order valence-electron chi connectivity index (χ4n) is 3.55. The monoisotopic (exact) mass is 485 g/mol. The molecule has 0 radical (unpaired) electrons. The van der Waals surface area contributed by atoms with Gasteiger partial charge in [-0.15, -0.1) is 11.3 Å². The summed E-state index contributed by atoms with van der Waals surface area (Å²) in [5.41, 5.74) is -3.20. The average Bonchev–Trinajstić information content (AvgIpc) is 3.07. The molecule has 1 aliphatic carbocycles. The highest BCUT2D eigenvalue weighted by Crippen LogP contribution is 2.42. The molecule has 2 N–H and O–H groups in total. The van der Waals surface area contributed by atoms with E-state index in [1.807, 2.05) is 13.0 Å². The molecule has 11 heteroatoms. The third-order valence-electron chi connectivity index (χ3n) is 5.26. The van der Waals surface area contributed by atoms with Crippen molar-refractivity contribution in [3.63, 3.8) is 0 Å². The molecule has 0 saturated heterocycles. The zero-order valence-corrected chi connectivity index (χ0v) is 18.7. The predicted molar refractivity (Wildman–Crippen MR) is 114 cm³/mol. The number of esters is 1. The van der Waals surface area contributed by atoms with Crippen LogP contribution in [-0.4, -0.2) is 30.8 Å². The van der Waals surface area contributed by atoms with E-state index in [0.29, 0.717) is 24.3 Å². The smallest absolute Gasteiger partial charge is 0.441 e. The second kappa shape index (κ2) is 9.00. The van der Waals surface area contributed by atoms with Crippen molar-refractivity contribution in [2.75, 3.05) is 12.4 Å². The van der Waals surface area contributed by atoms with Gasteiger partial charge in [0.25, 0.3) is 5.91 Å². The highest BCUT2D eigenvalue weighted by atomic mass is 35.5. The van der Waals surface area contributed by atoms with E-state index in [9.17, 15) is 28.0 Å². The number of nitrogens with one attached hydrogen (secondary N) is 2. The van der Waals surface area contributed by atoms with Gasteiger partial charge in [0.1, 0.15) is 11.1 Å². The molecule has 0 aliphatic heterocycles. The molecule has 2 atom stereocenters. The lowest BCUT2D eigenvalue weighted by Gasteiger charge is -2.34. The molecule has 1 aliphatic rings. The van der Waals surface area contributed by atoms with Crippen molar-refractivity contribution in [2.45, 2.75) is 38.0 Å². The van der Waals surface area contributed by atoms with Crippen LogP contribution in [0.3, 0.4) is 0 Å². The summed E-state index contributed by atoms with van der Waals surface area (Å²) in [4.78, 5) is 26.0. The van der Waals surface area contributed by atoms with Crippen LogP contribution in [0.15, 0.2) is 24.3 Å². The van der Waals surface area contributed by atoms with Gasteiger partial charge in [0, 0.05) is 4.88 Å². The van der Waals surface area contributed by atoms with Crippen molar-refractivity contribution in [3.05, 3.63) is 50.9 Å². The SMILES string of the molecule is COC(=O)C(NC(=O)c1ccccc1Cl)(Nc1sc2c(c1C#N)CCC(C)C2)C(F)(F)F. The molecular formula is C21H19ClF3N3O3S. The Morgan fingerprint density at radius 3 is 2.59 bits per heavy atom. The normalized spacial score (nSPS) is 17.5. The van der Waals surface area contributed by atoms with Crippen molar-refractivity contribution in [2.24, 2.45) is 5.92 Å². The van der Waals surface area contributed by atoms with Gasteiger partial charge in [0.15, 0.2) is 0 Å². The molecule has 1 amide bonds. The number of carbonyl (C=O) groups excluding carboxylic acids is 2. The maximum atomic E-state index is 14.4. The number of halogens is 4. The number of amides is 1. The van der Waals surface area contributed by atoms with Crippen LogP contribution in [0.1, 0.15) is 39.7 Å². The maximum absolute atomic E-state index is 14.4. The second-order valence-corrected chi connectivity index (χ2v) is 8.98. The minimum atomic E-state index is -5.32.